The van der Waals surface area contributed by atoms with Gasteiger partial charge in [-0.2, -0.15) is 0 Å². The molecule has 65 heavy (non-hydrogen) atoms. The number of benzene rings is 10. The lowest BCUT2D eigenvalue weighted by molar-refractivity contribution is 0.484. The van der Waals surface area contributed by atoms with Crippen molar-refractivity contribution in [1.82, 2.24) is 18.3 Å². The number of rotatable bonds is 6. The van der Waals surface area contributed by atoms with Gasteiger partial charge in [0.05, 0.1) is 44.1 Å². The smallest absolute Gasteiger partial charge is 0.128 e. The number of para-hydroxylation sites is 6. The second-order valence-electron chi connectivity index (χ2n) is 16.9. The predicted molar refractivity (Wildman–Crippen MR) is 270 cm³/mol. The minimum absolute atomic E-state index is 0.794. The summed E-state index contributed by atoms with van der Waals surface area (Å²) in [6, 6.07) is 82.8. The maximum absolute atomic E-state index is 6.80. The first kappa shape index (κ1) is 35.8. The van der Waals surface area contributed by atoms with E-state index in [4.69, 9.17) is 4.74 Å². The van der Waals surface area contributed by atoms with Gasteiger partial charge in [-0.3, -0.25) is 0 Å². The minimum Gasteiger partial charge on any atom is -0.457 e. The van der Waals surface area contributed by atoms with Crippen LogP contribution in [0.2, 0.25) is 0 Å². The van der Waals surface area contributed by atoms with Crippen molar-refractivity contribution in [2.24, 2.45) is 0 Å². The minimum atomic E-state index is 0.794. The maximum Gasteiger partial charge on any atom is 0.128 e. The molecular weight excluding hydrogens is 793 g/mol. The molecule has 0 spiro atoms. The lowest BCUT2D eigenvalue weighted by atomic mass is 10.1. The zero-order valence-electron chi connectivity index (χ0n) is 35.1. The fraction of sp³-hybridized carbons (Fsp3) is 0. The van der Waals surface area contributed by atoms with Crippen LogP contribution < -0.4 is 4.74 Å². The Morgan fingerprint density at radius 2 is 0.508 bits per heavy atom. The quantitative estimate of drug-likeness (QED) is 0.164. The van der Waals surface area contributed by atoms with E-state index in [1.54, 1.807) is 0 Å². The van der Waals surface area contributed by atoms with Crippen molar-refractivity contribution >= 4 is 87.2 Å². The van der Waals surface area contributed by atoms with Gasteiger partial charge in [-0.15, -0.1) is 0 Å². The molecule has 0 N–H and O–H groups in total. The zero-order valence-corrected chi connectivity index (χ0v) is 35.1. The number of aromatic nitrogens is 4. The molecule has 0 bridgehead atoms. The molecule has 0 aliphatic heterocycles. The summed E-state index contributed by atoms with van der Waals surface area (Å²) in [6.07, 6.45) is 0. The summed E-state index contributed by atoms with van der Waals surface area (Å²) in [6.45, 7) is 0. The monoisotopic (exact) mass is 830 g/mol. The Labute approximate surface area is 373 Å². The van der Waals surface area contributed by atoms with E-state index < -0.39 is 0 Å². The van der Waals surface area contributed by atoms with Crippen molar-refractivity contribution in [3.63, 3.8) is 0 Å². The first-order chi connectivity index (χ1) is 32.2. The second-order valence-corrected chi connectivity index (χ2v) is 16.9. The Morgan fingerprint density at radius 3 is 0.954 bits per heavy atom. The van der Waals surface area contributed by atoms with E-state index in [0.717, 1.165) is 67.1 Å². The van der Waals surface area contributed by atoms with Crippen LogP contribution in [0.5, 0.6) is 11.5 Å². The molecule has 4 heterocycles. The molecule has 0 saturated carbocycles. The van der Waals surface area contributed by atoms with Crippen molar-refractivity contribution in [3.8, 4) is 34.2 Å². The van der Waals surface area contributed by atoms with E-state index in [9.17, 15) is 0 Å². The van der Waals surface area contributed by atoms with Gasteiger partial charge in [0.2, 0.25) is 0 Å². The number of hydrogen-bond acceptors (Lipinski definition) is 1. The van der Waals surface area contributed by atoms with Crippen molar-refractivity contribution < 1.29 is 4.74 Å². The topological polar surface area (TPSA) is 28.9 Å². The van der Waals surface area contributed by atoms with Crippen LogP contribution >= 0.6 is 0 Å². The summed E-state index contributed by atoms with van der Waals surface area (Å²) < 4.78 is 16.3. The van der Waals surface area contributed by atoms with Crippen LogP contribution in [0.4, 0.5) is 0 Å². The molecule has 0 aliphatic rings. The Bertz CT molecular complexity index is 4170. The van der Waals surface area contributed by atoms with Gasteiger partial charge in [-0.1, -0.05) is 115 Å². The third kappa shape index (κ3) is 5.33. The number of ether oxygens (including phenoxy) is 1. The summed E-state index contributed by atoms with van der Waals surface area (Å²) in [4.78, 5) is 0. The summed E-state index contributed by atoms with van der Waals surface area (Å²) in [5.74, 6) is 1.59. The van der Waals surface area contributed by atoms with Crippen LogP contribution in [0.15, 0.2) is 231 Å². The van der Waals surface area contributed by atoms with E-state index in [2.05, 4.69) is 249 Å². The molecule has 0 atom stereocenters. The fourth-order valence-corrected chi connectivity index (χ4v) is 10.7. The zero-order chi connectivity index (χ0) is 42.6. The molecule has 14 rings (SSSR count). The van der Waals surface area contributed by atoms with Crippen LogP contribution in [-0.2, 0) is 0 Å². The Kier molecular flexibility index (Phi) is 7.62. The van der Waals surface area contributed by atoms with Crippen LogP contribution in [0.25, 0.3) is 110 Å². The summed E-state index contributed by atoms with van der Waals surface area (Å²) >= 11 is 0. The third-order valence-corrected chi connectivity index (χ3v) is 13.4. The standard InChI is InChI=1S/C60H38N4O/c1-2-15-39(16-3-1)61-55-26-11-6-21-47(55)50-36-42(29-32-58(50)61)64-57-28-13-8-23-49(57)52-38-44(31-34-60(52)64)65-43-30-33-59-51(37-43)48-22-7-12-27-56(48)63(59)41-18-14-17-40(35-41)62-53-24-9-4-19-45(53)46-20-5-10-25-54(46)62/h1-38H. The van der Waals surface area contributed by atoms with E-state index in [-0.39, 0.29) is 0 Å². The molecule has 10 aromatic carbocycles. The first-order valence-corrected chi connectivity index (χ1v) is 22.2. The first-order valence-electron chi connectivity index (χ1n) is 22.2. The van der Waals surface area contributed by atoms with Gasteiger partial charge in [0.25, 0.3) is 0 Å². The number of fused-ring (bicyclic) bond motifs is 12. The van der Waals surface area contributed by atoms with Crippen molar-refractivity contribution in [2.75, 3.05) is 0 Å². The molecule has 5 nitrogen and oxygen atoms in total. The van der Waals surface area contributed by atoms with Gasteiger partial charge >= 0.3 is 0 Å². The van der Waals surface area contributed by atoms with Gasteiger partial charge in [-0.25, -0.2) is 0 Å². The predicted octanol–water partition coefficient (Wildman–Crippen LogP) is 15.9. The van der Waals surface area contributed by atoms with Crippen LogP contribution in [0.1, 0.15) is 0 Å². The summed E-state index contributed by atoms with van der Waals surface area (Å²) in [5.41, 5.74) is 13.8. The number of hydrogen-bond donors (Lipinski definition) is 0. The second kappa shape index (κ2) is 13.9. The summed E-state index contributed by atoms with van der Waals surface area (Å²) in [7, 11) is 0. The van der Waals surface area contributed by atoms with Crippen LogP contribution in [-0.4, -0.2) is 18.3 Å². The molecule has 0 fully saturated rings. The van der Waals surface area contributed by atoms with Gasteiger partial charge in [0, 0.05) is 65.8 Å². The van der Waals surface area contributed by atoms with E-state index in [1.165, 1.54) is 54.4 Å². The maximum atomic E-state index is 6.80. The normalized spacial score (nSPS) is 12.0. The van der Waals surface area contributed by atoms with Crippen LogP contribution in [0, 0.1) is 0 Å². The lowest BCUT2D eigenvalue weighted by Gasteiger charge is -2.13. The molecule has 0 aliphatic carbocycles. The van der Waals surface area contributed by atoms with E-state index >= 15 is 0 Å². The summed E-state index contributed by atoms with van der Waals surface area (Å²) in [5, 5.41) is 9.61. The molecule has 14 aromatic rings. The fourth-order valence-electron chi connectivity index (χ4n) is 10.7. The molecule has 4 aromatic heterocycles. The largest absolute Gasteiger partial charge is 0.457 e. The van der Waals surface area contributed by atoms with Gasteiger partial charge in [-0.05, 0) is 115 Å². The van der Waals surface area contributed by atoms with E-state index in [1.807, 2.05) is 0 Å². The average Bonchev–Trinajstić information content (AvgIpc) is 4.09. The molecule has 0 radical (unpaired) electrons. The Balaban J connectivity index is 0.862. The molecule has 304 valence electrons. The SMILES string of the molecule is c1ccc(-n2c3ccccc3c3cc(-n4c5ccccc5c5cc(Oc6ccc7c(c6)c6ccccc6n7-c6cccc(-n7c8ccccc8c8ccccc87)c6)ccc54)ccc32)cc1. The third-order valence-electron chi connectivity index (χ3n) is 13.4. The van der Waals surface area contributed by atoms with Crippen LogP contribution in [0.3, 0.4) is 0 Å². The molecule has 5 heteroatoms. The van der Waals surface area contributed by atoms with Gasteiger partial charge in [0.15, 0.2) is 0 Å². The Morgan fingerprint density at radius 1 is 0.200 bits per heavy atom. The van der Waals surface area contributed by atoms with Crippen molar-refractivity contribution in [3.05, 3.63) is 231 Å². The molecule has 0 unspecified atom stereocenters. The highest BCUT2D eigenvalue weighted by atomic mass is 16.5. The highest BCUT2D eigenvalue weighted by molar-refractivity contribution is 6.13. The molecule has 0 saturated heterocycles. The highest BCUT2D eigenvalue weighted by Gasteiger charge is 2.19. The van der Waals surface area contributed by atoms with Gasteiger partial charge in [0.1, 0.15) is 11.5 Å². The highest BCUT2D eigenvalue weighted by Crippen LogP contribution is 2.41. The Hall–Kier alpha value is -8.80. The average molecular weight is 831 g/mol. The van der Waals surface area contributed by atoms with E-state index in [0.29, 0.717) is 0 Å². The molecular formula is C60H38N4O. The van der Waals surface area contributed by atoms with Crippen molar-refractivity contribution in [2.45, 2.75) is 0 Å². The number of nitrogens with zero attached hydrogens (tertiary/aromatic N) is 4. The molecule has 0 amide bonds. The lowest BCUT2D eigenvalue weighted by Crippen LogP contribution is -1.98. The van der Waals surface area contributed by atoms with Crippen molar-refractivity contribution in [1.29, 1.82) is 0 Å². The van der Waals surface area contributed by atoms with Gasteiger partial charge < -0.3 is 23.0 Å².